The van der Waals surface area contributed by atoms with Gasteiger partial charge in [-0.1, -0.05) is 0 Å². The molecule has 0 aliphatic carbocycles. The summed E-state index contributed by atoms with van der Waals surface area (Å²) in [7, 11) is 0. The molecule has 2 fully saturated rings. The zero-order valence-electron chi connectivity index (χ0n) is 8.82. The van der Waals surface area contributed by atoms with E-state index in [1.165, 1.54) is 0 Å². The van der Waals surface area contributed by atoms with Crippen LogP contribution in [0.4, 0.5) is 0 Å². The Bertz CT molecular complexity index is 251. The summed E-state index contributed by atoms with van der Waals surface area (Å²) in [6, 6.07) is -0.367. The lowest BCUT2D eigenvalue weighted by molar-refractivity contribution is -0.135. The van der Waals surface area contributed by atoms with Gasteiger partial charge in [0.05, 0.1) is 11.6 Å². The first-order chi connectivity index (χ1) is 7.11. The van der Waals surface area contributed by atoms with Crippen LogP contribution in [0.15, 0.2) is 0 Å². The number of carbonyl (C=O) groups excluding carboxylic acids is 1. The molecule has 2 rings (SSSR count). The highest BCUT2D eigenvalue weighted by Crippen LogP contribution is 2.23. The van der Waals surface area contributed by atoms with Gasteiger partial charge in [0.1, 0.15) is 0 Å². The molecule has 5 nitrogen and oxygen atoms in total. The van der Waals surface area contributed by atoms with Crippen LogP contribution in [0.25, 0.3) is 0 Å². The third kappa shape index (κ3) is 2.30. The molecule has 3 N–H and O–H groups in total. The number of nitrogens with two attached hydrogens (primary N) is 1. The molecule has 5 heteroatoms. The molecule has 1 atom stereocenters. The zero-order chi connectivity index (χ0) is 10.9. The summed E-state index contributed by atoms with van der Waals surface area (Å²) in [4.78, 5) is 13.3. The molecule has 0 radical (unpaired) electrons. The lowest BCUT2D eigenvalue weighted by Gasteiger charge is -2.35. The van der Waals surface area contributed by atoms with Gasteiger partial charge < -0.3 is 20.5 Å². The second-order valence-corrected chi connectivity index (χ2v) is 4.49. The van der Waals surface area contributed by atoms with Crippen LogP contribution in [-0.4, -0.2) is 53.9 Å². The van der Waals surface area contributed by atoms with E-state index in [0.29, 0.717) is 45.6 Å². The van der Waals surface area contributed by atoms with Crippen molar-refractivity contribution in [2.45, 2.75) is 30.9 Å². The first kappa shape index (κ1) is 10.9. The lowest BCUT2D eigenvalue weighted by Crippen LogP contribution is -2.48. The van der Waals surface area contributed by atoms with Crippen LogP contribution in [0.3, 0.4) is 0 Å². The minimum Gasteiger partial charge on any atom is -0.388 e. The van der Waals surface area contributed by atoms with Crippen LogP contribution in [0.1, 0.15) is 19.3 Å². The van der Waals surface area contributed by atoms with Crippen molar-refractivity contribution in [1.29, 1.82) is 0 Å². The molecule has 0 bridgehead atoms. The van der Waals surface area contributed by atoms with Gasteiger partial charge >= 0.3 is 0 Å². The predicted molar refractivity (Wildman–Crippen MR) is 54.2 cm³/mol. The van der Waals surface area contributed by atoms with Gasteiger partial charge in [-0.3, -0.25) is 4.79 Å². The molecule has 0 aromatic heterocycles. The number of β-amino-alcohol motifs (C(OH)–C–C–N with tert-alkyl or cyclic N) is 1. The van der Waals surface area contributed by atoms with E-state index in [9.17, 15) is 9.90 Å². The van der Waals surface area contributed by atoms with Gasteiger partial charge in [0, 0.05) is 39.1 Å². The van der Waals surface area contributed by atoms with Crippen molar-refractivity contribution in [1.82, 2.24) is 4.90 Å². The molecule has 15 heavy (non-hydrogen) atoms. The number of likely N-dealkylation sites (tertiary alicyclic amines) is 1. The van der Waals surface area contributed by atoms with Gasteiger partial charge in [0.2, 0.25) is 5.91 Å². The largest absolute Gasteiger partial charge is 0.388 e. The highest BCUT2D eigenvalue weighted by atomic mass is 16.5. The number of ether oxygens (including phenoxy) is 1. The molecule has 0 aromatic carbocycles. The first-order valence-corrected chi connectivity index (χ1v) is 5.45. The standard InChI is InChI=1S/C10H18N2O3/c11-8-1-4-12(9(8)13)7-10(14)2-5-15-6-3-10/h8,14H,1-7,11H2. The van der Waals surface area contributed by atoms with Crippen LogP contribution in [0.2, 0.25) is 0 Å². The van der Waals surface area contributed by atoms with Crippen molar-refractivity contribution < 1.29 is 14.6 Å². The minimum atomic E-state index is -0.766. The topological polar surface area (TPSA) is 75.8 Å². The van der Waals surface area contributed by atoms with Gasteiger partial charge in [-0.15, -0.1) is 0 Å². The fourth-order valence-electron chi connectivity index (χ4n) is 2.18. The van der Waals surface area contributed by atoms with Gasteiger partial charge in [-0.05, 0) is 6.42 Å². The summed E-state index contributed by atoms with van der Waals surface area (Å²) < 4.78 is 5.19. The quantitative estimate of drug-likeness (QED) is 0.624. The maximum Gasteiger partial charge on any atom is 0.239 e. The van der Waals surface area contributed by atoms with Crippen LogP contribution in [0.5, 0.6) is 0 Å². The fraction of sp³-hybridized carbons (Fsp3) is 0.900. The van der Waals surface area contributed by atoms with Gasteiger partial charge in [-0.2, -0.15) is 0 Å². The van der Waals surface area contributed by atoms with Crippen molar-refractivity contribution >= 4 is 5.91 Å². The molecule has 1 unspecified atom stereocenters. The maximum absolute atomic E-state index is 11.6. The third-order valence-corrected chi connectivity index (χ3v) is 3.25. The molecule has 86 valence electrons. The monoisotopic (exact) mass is 214 g/mol. The SMILES string of the molecule is NC1CCN(CC2(O)CCOCC2)C1=O. The molecule has 0 saturated carbocycles. The lowest BCUT2D eigenvalue weighted by atomic mass is 9.94. The minimum absolute atomic E-state index is 0.0325. The van der Waals surface area contributed by atoms with Gasteiger partial charge in [0.15, 0.2) is 0 Å². The van der Waals surface area contributed by atoms with Crippen molar-refractivity contribution in [2.75, 3.05) is 26.3 Å². The summed E-state index contributed by atoms with van der Waals surface area (Å²) in [5.41, 5.74) is 4.85. The number of carbonyl (C=O) groups is 1. The maximum atomic E-state index is 11.6. The van der Waals surface area contributed by atoms with E-state index in [4.69, 9.17) is 10.5 Å². The number of aliphatic hydroxyl groups is 1. The average Bonchev–Trinajstić information content (AvgIpc) is 2.50. The number of amides is 1. The molecular formula is C10H18N2O3. The number of hydrogen-bond acceptors (Lipinski definition) is 4. The Morgan fingerprint density at radius 2 is 2.20 bits per heavy atom. The van der Waals surface area contributed by atoms with E-state index in [0.717, 1.165) is 0 Å². The van der Waals surface area contributed by atoms with Crippen molar-refractivity contribution in [2.24, 2.45) is 5.73 Å². The van der Waals surface area contributed by atoms with Gasteiger partial charge in [0.25, 0.3) is 0 Å². The van der Waals surface area contributed by atoms with E-state index < -0.39 is 5.60 Å². The third-order valence-electron chi connectivity index (χ3n) is 3.25. The average molecular weight is 214 g/mol. The van der Waals surface area contributed by atoms with E-state index in [2.05, 4.69) is 0 Å². The molecule has 0 spiro atoms. The normalized spacial score (nSPS) is 30.9. The van der Waals surface area contributed by atoms with E-state index in [1.54, 1.807) is 4.90 Å². The number of nitrogens with zero attached hydrogens (tertiary/aromatic N) is 1. The molecular weight excluding hydrogens is 196 g/mol. The van der Waals surface area contributed by atoms with Crippen LogP contribution < -0.4 is 5.73 Å². The zero-order valence-corrected chi connectivity index (χ0v) is 8.82. The van der Waals surface area contributed by atoms with Crippen LogP contribution >= 0.6 is 0 Å². The van der Waals surface area contributed by atoms with Crippen LogP contribution in [0, 0.1) is 0 Å². The first-order valence-electron chi connectivity index (χ1n) is 5.45. The second kappa shape index (κ2) is 4.08. The summed E-state index contributed by atoms with van der Waals surface area (Å²) in [5.74, 6) is -0.0325. The number of hydrogen-bond donors (Lipinski definition) is 2. The second-order valence-electron chi connectivity index (χ2n) is 4.49. The van der Waals surface area contributed by atoms with Crippen molar-refractivity contribution in [3.63, 3.8) is 0 Å². The Morgan fingerprint density at radius 3 is 2.73 bits per heavy atom. The summed E-state index contributed by atoms with van der Waals surface area (Å²) in [5, 5.41) is 10.2. The molecule has 2 aliphatic heterocycles. The highest BCUT2D eigenvalue weighted by molar-refractivity contribution is 5.83. The smallest absolute Gasteiger partial charge is 0.239 e. The van der Waals surface area contributed by atoms with E-state index >= 15 is 0 Å². The summed E-state index contributed by atoms with van der Waals surface area (Å²) in [6.07, 6.45) is 1.91. The Morgan fingerprint density at radius 1 is 1.53 bits per heavy atom. The molecule has 2 heterocycles. The molecule has 2 aliphatic rings. The predicted octanol–water partition coefficient (Wildman–Crippen LogP) is -0.913. The summed E-state index contributed by atoms with van der Waals surface area (Å²) >= 11 is 0. The summed E-state index contributed by atoms with van der Waals surface area (Å²) in [6.45, 7) is 2.22. The van der Waals surface area contributed by atoms with Crippen molar-refractivity contribution in [3.8, 4) is 0 Å². The molecule has 1 amide bonds. The highest BCUT2D eigenvalue weighted by Gasteiger charge is 2.37. The van der Waals surface area contributed by atoms with E-state index in [1.807, 2.05) is 0 Å². The Balaban J connectivity index is 1.93. The Hall–Kier alpha value is -0.650. The Labute approximate surface area is 89.2 Å². The van der Waals surface area contributed by atoms with E-state index in [-0.39, 0.29) is 11.9 Å². The molecule has 0 aromatic rings. The molecule has 2 saturated heterocycles. The fourth-order valence-corrected chi connectivity index (χ4v) is 2.18. The number of rotatable bonds is 2. The van der Waals surface area contributed by atoms with Gasteiger partial charge in [-0.25, -0.2) is 0 Å². The van der Waals surface area contributed by atoms with Crippen LogP contribution in [-0.2, 0) is 9.53 Å². The van der Waals surface area contributed by atoms with Crippen molar-refractivity contribution in [3.05, 3.63) is 0 Å². The Kier molecular flexibility index (Phi) is 2.95.